The van der Waals surface area contributed by atoms with Crippen molar-refractivity contribution >= 4 is 33.9 Å². The highest BCUT2D eigenvalue weighted by Gasteiger charge is 2.33. The number of rotatable bonds is 6. The average molecular weight is 462 g/mol. The molecule has 1 aromatic heterocycles. The standard InChI is InChI=1S/C26H27N3O5/c1-26(2,3)24(18-13-14-9-6-7-12-17(14)34-18)28-20-19(22(31)23(20)32)27-16-11-8-10-15(21(16)30)25(33)29(4)5/h6-13,24,27-28,30H,1-5H3/t24-/m0/s1. The molecular formula is C26H27N3O5. The van der Waals surface area contributed by atoms with Crippen LogP contribution in [-0.4, -0.2) is 30.0 Å². The van der Waals surface area contributed by atoms with Crippen molar-refractivity contribution in [2.24, 2.45) is 5.41 Å². The van der Waals surface area contributed by atoms with Crippen molar-refractivity contribution in [3.05, 3.63) is 80.3 Å². The number of benzene rings is 2. The lowest BCUT2D eigenvalue weighted by Gasteiger charge is -2.31. The van der Waals surface area contributed by atoms with Gasteiger partial charge in [0.25, 0.3) is 16.8 Å². The largest absolute Gasteiger partial charge is 0.505 e. The van der Waals surface area contributed by atoms with E-state index in [2.05, 4.69) is 10.6 Å². The monoisotopic (exact) mass is 461 g/mol. The Bertz CT molecular complexity index is 1420. The number of nitrogens with zero attached hydrogens (tertiary/aromatic N) is 1. The van der Waals surface area contributed by atoms with Crippen molar-refractivity contribution in [3.8, 4) is 5.75 Å². The summed E-state index contributed by atoms with van der Waals surface area (Å²) in [4.78, 5) is 38.6. The first kappa shape index (κ1) is 23.1. The fourth-order valence-electron chi connectivity index (χ4n) is 3.84. The normalized spacial score (nSPS) is 12.6. The number of amides is 1. The molecule has 0 aliphatic heterocycles. The van der Waals surface area contributed by atoms with Crippen molar-refractivity contribution in [1.29, 1.82) is 0 Å². The Morgan fingerprint density at radius 3 is 2.32 bits per heavy atom. The molecule has 0 unspecified atom stereocenters. The SMILES string of the molecule is CN(C)C(=O)c1cccc(Nc2c(N[C@@H](c3cc4ccccc4o3)C(C)(C)C)c(=O)c2=O)c1O. The minimum atomic E-state index is -0.705. The quantitative estimate of drug-likeness (QED) is 0.289. The lowest BCUT2D eigenvalue weighted by molar-refractivity contribution is 0.0824. The second kappa shape index (κ2) is 8.37. The van der Waals surface area contributed by atoms with Crippen LogP contribution in [0.4, 0.5) is 17.1 Å². The van der Waals surface area contributed by atoms with Gasteiger partial charge in [0.2, 0.25) is 0 Å². The van der Waals surface area contributed by atoms with Gasteiger partial charge in [0.05, 0.1) is 17.3 Å². The molecule has 0 saturated carbocycles. The van der Waals surface area contributed by atoms with Gasteiger partial charge in [-0.15, -0.1) is 0 Å². The van der Waals surface area contributed by atoms with Crippen molar-refractivity contribution in [3.63, 3.8) is 0 Å². The first-order chi connectivity index (χ1) is 16.0. The van der Waals surface area contributed by atoms with Gasteiger partial charge in [0.15, 0.2) is 5.75 Å². The molecule has 3 aromatic carbocycles. The second-order valence-electron chi connectivity index (χ2n) is 9.56. The number of carbonyl (C=O) groups is 1. The Hall–Kier alpha value is -4.07. The van der Waals surface area contributed by atoms with Crippen molar-refractivity contribution < 1.29 is 14.3 Å². The number of anilines is 3. The first-order valence-electron chi connectivity index (χ1n) is 10.9. The zero-order valence-corrected chi connectivity index (χ0v) is 19.7. The molecule has 1 amide bonds. The topological polar surface area (TPSA) is 112 Å². The van der Waals surface area contributed by atoms with Crippen LogP contribution in [0.5, 0.6) is 5.75 Å². The maximum absolute atomic E-state index is 12.5. The maximum Gasteiger partial charge on any atom is 0.257 e. The maximum atomic E-state index is 12.5. The summed E-state index contributed by atoms with van der Waals surface area (Å²) in [6.45, 7) is 6.00. The molecule has 4 aromatic rings. The summed E-state index contributed by atoms with van der Waals surface area (Å²) in [5.74, 6) is -0.0545. The molecule has 0 aliphatic rings. The minimum Gasteiger partial charge on any atom is -0.505 e. The van der Waals surface area contributed by atoms with Crippen LogP contribution in [0, 0.1) is 5.41 Å². The molecule has 176 valence electrons. The Morgan fingerprint density at radius 1 is 1.00 bits per heavy atom. The van der Waals surface area contributed by atoms with E-state index in [-0.39, 0.29) is 39.7 Å². The predicted molar refractivity (Wildman–Crippen MR) is 133 cm³/mol. The highest BCUT2D eigenvalue weighted by atomic mass is 16.3. The fourth-order valence-corrected chi connectivity index (χ4v) is 3.84. The van der Waals surface area contributed by atoms with E-state index in [0.717, 1.165) is 11.0 Å². The third-order valence-electron chi connectivity index (χ3n) is 5.73. The van der Waals surface area contributed by atoms with Gasteiger partial charge in [0.1, 0.15) is 22.7 Å². The van der Waals surface area contributed by atoms with Gasteiger partial charge in [-0.05, 0) is 29.7 Å². The number of phenolic OH excluding ortho intramolecular Hbond substituents is 1. The van der Waals surface area contributed by atoms with Crippen LogP contribution in [-0.2, 0) is 0 Å². The summed E-state index contributed by atoms with van der Waals surface area (Å²) in [5.41, 5.74) is -0.641. The Balaban J connectivity index is 1.69. The summed E-state index contributed by atoms with van der Waals surface area (Å²) >= 11 is 0. The summed E-state index contributed by atoms with van der Waals surface area (Å²) in [5, 5.41) is 17.6. The van der Waals surface area contributed by atoms with E-state index in [1.807, 2.05) is 51.1 Å². The molecule has 0 radical (unpaired) electrons. The van der Waals surface area contributed by atoms with Gasteiger partial charge < -0.3 is 25.1 Å². The molecule has 1 heterocycles. The number of fused-ring (bicyclic) bond motifs is 1. The average Bonchev–Trinajstić information content (AvgIpc) is 3.21. The third-order valence-corrected chi connectivity index (χ3v) is 5.73. The molecule has 8 nitrogen and oxygen atoms in total. The molecule has 0 bridgehead atoms. The van der Waals surface area contributed by atoms with Crippen molar-refractivity contribution in [2.45, 2.75) is 26.8 Å². The van der Waals surface area contributed by atoms with E-state index in [1.165, 1.54) is 17.0 Å². The Kier molecular flexibility index (Phi) is 5.69. The van der Waals surface area contributed by atoms with Crippen LogP contribution >= 0.6 is 0 Å². The smallest absolute Gasteiger partial charge is 0.257 e. The molecule has 34 heavy (non-hydrogen) atoms. The number of para-hydroxylation sites is 2. The highest BCUT2D eigenvalue weighted by molar-refractivity contribution is 5.99. The van der Waals surface area contributed by atoms with E-state index >= 15 is 0 Å². The van der Waals surface area contributed by atoms with Gasteiger partial charge in [-0.3, -0.25) is 14.4 Å². The minimum absolute atomic E-state index is 0.0279. The van der Waals surface area contributed by atoms with E-state index < -0.39 is 16.9 Å². The van der Waals surface area contributed by atoms with Crippen LogP contribution in [0.25, 0.3) is 11.0 Å². The van der Waals surface area contributed by atoms with Crippen molar-refractivity contribution in [2.75, 3.05) is 24.7 Å². The van der Waals surface area contributed by atoms with E-state index in [1.54, 1.807) is 20.2 Å². The first-order valence-corrected chi connectivity index (χ1v) is 10.9. The number of nitrogens with one attached hydrogen (secondary N) is 2. The van der Waals surface area contributed by atoms with Gasteiger partial charge >= 0.3 is 0 Å². The molecule has 0 saturated heterocycles. The van der Waals surface area contributed by atoms with Crippen LogP contribution < -0.4 is 21.5 Å². The van der Waals surface area contributed by atoms with Gasteiger partial charge in [-0.25, -0.2) is 0 Å². The molecule has 0 aliphatic carbocycles. The van der Waals surface area contributed by atoms with E-state index in [0.29, 0.717) is 5.76 Å². The lowest BCUT2D eigenvalue weighted by Crippen LogP contribution is -2.39. The summed E-state index contributed by atoms with van der Waals surface area (Å²) in [6.07, 6.45) is 0. The van der Waals surface area contributed by atoms with Crippen LogP contribution in [0.3, 0.4) is 0 Å². The van der Waals surface area contributed by atoms with Crippen LogP contribution in [0.2, 0.25) is 0 Å². The van der Waals surface area contributed by atoms with Gasteiger partial charge in [0, 0.05) is 19.5 Å². The summed E-state index contributed by atoms with van der Waals surface area (Å²) in [7, 11) is 3.15. The molecule has 1 atom stereocenters. The molecule has 0 spiro atoms. The highest BCUT2D eigenvalue weighted by Crippen LogP contribution is 2.40. The number of furan rings is 1. The number of aromatic hydroxyl groups is 1. The van der Waals surface area contributed by atoms with Crippen LogP contribution in [0.1, 0.15) is 42.9 Å². The van der Waals surface area contributed by atoms with Crippen molar-refractivity contribution in [1.82, 2.24) is 4.90 Å². The summed E-state index contributed by atoms with van der Waals surface area (Å²) in [6, 6.07) is 13.7. The summed E-state index contributed by atoms with van der Waals surface area (Å²) < 4.78 is 6.04. The zero-order chi connectivity index (χ0) is 24.8. The number of carbonyl (C=O) groups excluding carboxylic acids is 1. The Morgan fingerprint density at radius 2 is 1.68 bits per heavy atom. The molecule has 4 rings (SSSR count). The number of hydrogen-bond acceptors (Lipinski definition) is 7. The zero-order valence-electron chi connectivity index (χ0n) is 19.7. The van der Waals surface area contributed by atoms with Gasteiger partial charge in [-0.1, -0.05) is 45.0 Å². The van der Waals surface area contributed by atoms with Gasteiger partial charge in [-0.2, -0.15) is 0 Å². The molecular weight excluding hydrogens is 434 g/mol. The third kappa shape index (κ3) is 4.03. The molecule has 3 N–H and O–H groups in total. The van der Waals surface area contributed by atoms with E-state index in [4.69, 9.17) is 4.42 Å². The number of hydrogen-bond donors (Lipinski definition) is 3. The van der Waals surface area contributed by atoms with E-state index in [9.17, 15) is 19.5 Å². The Labute approximate surface area is 196 Å². The molecule has 0 fully saturated rings. The fraction of sp³-hybridized carbons (Fsp3) is 0.269. The van der Waals surface area contributed by atoms with Crippen LogP contribution in [0.15, 0.2) is 62.5 Å². The predicted octanol–water partition coefficient (Wildman–Crippen LogP) is 4.38. The lowest BCUT2D eigenvalue weighted by atomic mass is 9.84. The number of phenols is 1. The second-order valence-corrected chi connectivity index (χ2v) is 9.56. The molecule has 8 heteroatoms.